The Morgan fingerprint density at radius 1 is 0.550 bits per heavy atom. The summed E-state index contributed by atoms with van der Waals surface area (Å²) < 4.78 is 0. The molecule has 0 spiro atoms. The van der Waals surface area contributed by atoms with Gasteiger partial charge in [0.1, 0.15) is 0 Å². The molecule has 0 radical (unpaired) electrons. The molecule has 0 aliphatic heterocycles. The van der Waals surface area contributed by atoms with Crippen LogP contribution in [0.2, 0.25) is 0 Å². The van der Waals surface area contributed by atoms with Crippen molar-refractivity contribution in [2.75, 3.05) is 13.1 Å². The molecule has 8 N–H and O–H groups in total. The Labute approximate surface area is 116 Å². The average Bonchev–Trinajstić information content (AvgIpc) is 2.30. The van der Waals surface area contributed by atoms with Crippen molar-refractivity contribution in [3.8, 4) is 0 Å². The van der Waals surface area contributed by atoms with Crippen LogP contribution in [0.3, 0.4) is 0 Å². The van der Waals surface area contributed by atoms with Gasteiger partial charge in [-0.05, 0) is 12.8 Å². The summed E-state index contributed by atoms with van der Waals surface area (Å²) in [6.07, 6.45) is 2.34. The van der Waals surface area contributed by atoms with Crippen molar-refractivity contribution in [3.05, 3.63) is 0 Å². The van der Waals surface area contributed by atoms with Gasteiger partial charge in [0.25, 0.3) is 0 Å². The maximum atomic E-state index is 10.8. The molecule has 0 bridgehead atoms. The highest BCUT2D eigenvalue weighted by Crippen LogP contribution is 2.03. The molecule has 0 unspecified atom stereocenters. The van der Waals surface area contributed by atoms with Crippen LogP contribution in [-0.4, -0.2) is 47.0 Å². The summed E-state index contributed by atoms with van der Waals surface area (Å²) in [7, 11) is 0. The Morgan fingerprint density at radius 2 is 0.800 bits per heavy atom. The van der Waals surface area contributed by atoms with Crippen LogP contribution in [-0.2, 0) is 0 Å². The lowest BCUT2D eigenvalue weighted by Crippen LogP contribution is -2.44. The maximum Gasteiger partial charge on any atom is 0.322 e. The number of primary amides is 4. The summed E-state index contributed by atoms with van der Waals surface area (Å²) in [6.45, 7) is 0.250. The normalized spacial score (nSPS) is 9.80. The quantitative estimate of drug-likeness (QED) is 0.460. The summed E-state index contributed by atoms with van der Waals surface area (Å²) >= 11 is 0. The molecule has 0 aromatic rings. The van der Waals surface area contributed by atoms with E-state index in [1.54, 1.807) is 0 Å². The Balaban J connectivity index is 3.87. The number of urea groups is 4. The molecule has 0 atom stereocenters. The van der Waals surface area contributed by atoms with Gasteiger partial charge < -0.3 is 22.9 Å². The molecule has 0 aliphatic rings. The number of nitrogens with two attached hydrogens (primary N) is 4. The van der Waals surface area contributed by atoms with Crippen molar-refractivity contribution in [1.29, 1.82) is 0 Å². The molecule has 114 valence electrons. The van der Waals surface area contributed by atoms with E-state index in [4.69, 9.17) is 22.9 Å². The lowest BCUT2D eigenvalue weighted by atomic mass is 10.2. The van der Waals surface area contributed by atoms with Gasteiger partial charge in [0.2, 0.25) is 0 Å². The topological polar surface area (TPSA) is 179 Å². The van der Waals surface area contributed by atoms with Gasteiger partial charge in [0.15, 0.2) is 0 Å². The third-order valence-corrected chi connectivity index (χ3v) is 2.58. The van der Waals surface area contributed by atoms with Crippen molar-refractivity contribution < 1.29 is 19.2 Å². The van der Waals surface area contributed by atoms with E-state index < -0.39 is 24.1 Å². The number of amides is 8. The standard InChI is InChI=1S/C10H20N6O4/c11-7(17)15(8(12)18)5-3-1-2-4-6-16(9(13)19)10(14)20/h1-6H2,(H2,11,17)(H2,12,18)(H2,13,19)(H2,14,20). The first kappa shape index (κ1) is 17.5. The summed E-state index contributed by atoms with van der Waals surface area (Å²) in [6, 6.07) is -3.59. The Bertz CT molecular complexity index is 322. The smallest absolute Gasteiger partial charge is 0.322 e. The van der Waals surface area contributed by atoms with Gasteiger partial charge in [-0.25, -0.2) is 29.0 Å². The van der Waals surface area contributed by atoms with E-state index in [9.17, 15) is 19.2 Å². The molecule has 0 rings (SSSR count). The largest absolute Gasteiger partial charge is 0.351 e. The van der Waals surface area contributed by atoms with E-state index in [0.717, 1.165) is 9.80 Å². The molecule has 0 aromatic carbocycles. The highest BCUT2D eigenvalue weighted by Gasteiger charge is 2.15. The fourth-order valence-electron chi connectivity index (χ4n) is 1.55. The maximum absolute atomic E-state index is 10.8. The number of carbonyl (C=O) groups is 4. The van der Waals surface area contributed by atoms with Crippen molar-refractivity contribution in [1.82, 2.24) is 9.80 Å². The molecule has 8 amide bonds. The molecule has 10 nitrogen and oxygen atoms in total. The van der Waals surface area contributed by atoms with Crippen LogP contribution in [0.1, 0.15) is 25.7 Å². The summed E-state index contributed by atoms with van der Waals surface area (Å²) in [5, 5.41) is 0. The average molecular weight is 288 g/mol. The van der Waals surface area contributed by atoms with Gasteiger partial charge in [-0.3, -0.25) is 0 Å². The summed E-state index contributed by atoms with van der Waals surface area (Å²) in [5.74, 6) is 0. The monoisotopic (exact) mass is 288 g/mol. The van der Waals surface area contributed by atoms with Crippen LogP contribution in [0, 0.1) is 0 Å². The predicted octanol–water partition coefficient (Wildman–Crippen LogP) is -0.534. The highest BCUT2D eigenvalue weighted by molar-refractivity contribution is 5.92. The zero-order valence-corrected chi connectivity index (χ0v) is 11.1. The van der Waals surface area contributed by atoms with Crippen LogP contribution in [0.5, 0.6) is 0 Å². The van der Waals surface area contributed by atoms with Gasteiger partial charge in [-0.2, -0.15) is 0 Å². The number of hydrogen-bond acceptors (Lipinski definition) is 4. The molecule has 0 aromatic heterocycles. The second kappa shape index (κ2) is 8.56. The van der Waals surface area contributed by atoms with Gasteiger partial charge in [-0.15, -0.1) is 0 Å². The lowest BCUT2D eigenvalue weighted by Gasteiger charge is -2.16. The third-order valence-electron chi connectivity index (χ3n) is 2.58. The first-order valence-electron chi connectivity index (χ1n) is 6.00. The number of carbonyl (C=O) groups excluding carboxylic acids is 4. The minimum absolute atomic E-state index is 0.125. The van der Waals surface area contributed by atoms with Gasteiger partial charge in [0, 0.05) is 13.1 Å². The molecule has 0 fully saturated rings. The van der Waals surface area contributed by atoms with E-state index in [0.29, 0.717) is 25.7 Å². The van der Waals surface area contributed by atoms with E-state index in [1.165, 1.54) is 0 Å². The fraction of sp³-hybridized carbons (Fsp3) is 0.600. The highest BCUT2D eigenvalue weighted by atomic mass is 16.2. The molecule has 0 aliphatic carbocycles. The summed E-state index contributed by atoms with van der Waals surface area (Å²) in [4.78, 5) is 44.8. The van der Waals surface area contributed by atoms with E-state index in [1.807, 2.05) is 0 Å². The molecular formula is C10H20N6O4. The van der Waals surface area contributed by atoms with Crippen molar-refractivity contribution in [3.63, 3.8) is 0 Å². The van der Waals surface area contributed by atoms with Crippen LogP contribution in [0.15, 0.2) is 0 Å². The Kier molecular flexibility index (Phi) is 7.48. The zero-order chi connectivity index (χ0) is 15.7. The minimum atomic E-state index is -0.897. The summed E-state index contributed by atoms with van der Waals surface area (Å²) in [5.41, 5.74) is 19.8. The van der Waals surface area contributed by atoms with Gasteiger partial charge in [-0.1, -0.05) is 12.8 Å². The van der Waals surface area contributed by atoms with E-state index in [2.05, 4.69) is 0 Å². The predicted molar refractivity (Wildman–Crippen MR) is 70.2 cm³/mol. The SMILES string of the molecule is NC(=O)N(CCCCCCN(C(N)=O)C(N)=O)C(N)=O. The fourth-order valence-corrected chi connectivity index (χ4v) is 1.55. The second-order valence-electron chi connectivity index (χ2n) is 4.07. The Morgan fingerprint density at radius 3 is 1.00 bits per heavy atom. The number of hydrogen-bond donors (Lipinski definition) is 4. The Hall–Kier alpha value is -2.52. The van der Waals surface area contributed by atoms with Crippen molar-refractivity contribution in [2.45, 2.75) is 25.7 Å². The zero-order valence-electron chi connectivity index (χ0n) is 11.1. The van der Waals surface area contributed by atoms with Crippen LogP contribution in [0.25, 0.3) is 0 Å². The van der Waals surface area contributed by atoms with Crippen LogP contribution in [0.4, 0.5) is 19.2 Å². The number of rotatable bonds is 7. The van der Waals surface area contributed by atoms with Gasteiger partial charge in [0.05, 0.1) is 0 Å². The van der Waals surface area contributed by atoms with Crippen LogP contribution >= 0.6 is 0 Å². The second-order valence-corrected chi connectivity index (χ2v) is 4.07. The number of imide groups is 2. The lowest BCUT2D eigenvalue weighted by molar-refractivity contribution is 0.193. The molecule has 0 saturated carbocycles. The molecule has 20 heavy (non-hydrogen) atoms. The van der Waals surface area contributed by atoms with E-state index >= 15 is 0 Å². The van der Waals surface area contributed by atoms with Crippen LogP contribution < -0.4 is 22.9 Å². The molecule has 10 heteroatoms. The van der Waals surface area contributed by atoms with Gasteiger partial charge >= 0.3 is 24.1 Å². The first-order chi connectivity index (χ1) is 9.27. The van der Waals surface area contributed by atoms with Crippen molar-refractivity contribution in [2.24, 2.45) is 22.9 Å². The molecule has 0 heterocycles. The molecular weight excluding hydrogens is 268 g/mol. The number of unbranched alkanes of at least 4 members (excludes halogenated alkanes) is 3. The number of nitrogens with zero attached hydrogens (tertiary/aromatic N) is 2. The molecule has 0 saturated heterocycles. The first-order valence-corrected chi connectivity index (χ1v) is 6.00. The van der Waals surface area contributed by atoms with Crippen molar-refractivity contribution >= 4 is 24.1 Å². The minimum Gasteiger partial charge on any atom is -0.351 e. The van der Waals surface area contributed by atoms with E-state index in [-0.39, 0.29) is 13.1 Å². The third kappa shape index (κ3) is 6.42.